The van der Waals surface area contributed by atoms with Crippen LogP contribution in [0, 0.1) is 5.92 Å². The van der Waals surface area contributed by atoms with Gasteiger partial charge in [0.2, 0.25) is 5.43 Å². The van der Waals surface area contributed by atoms with Crippen molar-refractivity contribution in [1.29, 1.82) is 0 Å². The van der Waals surface area contributed by atoms with Gasteiger partial charge in [-0.1, -0.05) is 13.0 Å². The van der Waals surface area contributed by atoms with E-state index in [1.54, 1.807) is 6.08 Å². The number of piperidine rings is 1. The van der Waals surface area contributed by atoms with Gasteiger partial charge in [0, 0.05) is 24.8 Å². The smallest absolute Gasteiger partial charge is 0.223 e. The maximum Gasteiger partial charge on any atom is 0.223 e. The molecule has 4 nitrogen and oxygen atoms in total. The topological polar surface area (TPSA) is 45.5 Å². The lowest BCUT2D eigenvalue weighted by Gasteiger charge is -2.30. The van der Waals surface area contributed by atoms with Crippen LogP contribution in [0.2, 0.25) is 0 Å². The quantitative estimate of drug-likeness (QED) is 0.844. The fraction of sp³-hybridized carbons (Fsp3) is 0.533. The minimum Gasteiger partial charge on any atom is -0.503 e. The van der Waals surface area contributed by atoms with Gasteiger partial charge >= 0.3 is 0 Å². The van der Waals surface area contributed by atoms with Crippen molar-refractivity contribution in [3.8, 4) is 5.75 Å². The highest BCUT2D eigenvalue weighted by Gasteiger charge is 2.17. The third-order valence-electron chi connectivity index (χ3n) is 3.78. The van der Waals surface area contributed by atoms with E-state index in [1.807, 2.05) is 4.57 Å². The van der Waals surface area contributed by atoms with Crippen molar-refractivity contribution >= 4 is 0 Å². The first kappa shape index (κ1) is 13.9. The molecule has 0 saturated carbocycles. The van der Waals surface area contributed by atoms with Crippen molar-refractivity contribution in [3.63, 3.8) is 0 Å². The number of nitrogens with zero attached hydrogens (tertiary/aromatic N) is 2. The molecular formula is C15H22N2O2. The minimum absolute atomic E-state index is 0.196. The molecule has 0 spiro atoms. The lowest BCUT2D eigenvalue weighted by atomic mass is 9.99. The zero-order valence-corrected chi connectivity index (χ0v) is 11.5. The SMILES string of the molecule is C=CCn1cc(O)c(=O)cc1CN1CCC(C)CC1. The Morgan fingerprint density at radius 2 is 2.16 bits per heavy atom. The summed E-state index contributed by atoms with van der Waals surface area (Å²) in [7, 11) is 0. The first-order valence-corrected chi connectivity index (χ1v) is 6.85. The molecule has 104 valence electrons. The number of aromatic hydroxyl groups is 1. The average molecular weight is 262 g/mol. The summed E-state index contributed by atoms with van der Waals surface area (Å²) in [6, 6.07) is 1.54. The number of likely N-dealkylation sites (tertiary alicyclic amines) is 1. The molecule has 4 heteroatoms. The molecule has 1 saturated heterocycles. The number of hydrogen-bond donors (Lipinski definition) is 1. The van der Waals surface area contributed by atoms with Crippen LogP contribution < -0.4 is 5.43 Å². The Kier molecular flexibility index (Phi) is 4.43. The van der Waals surface area contributed by atoms with Gasteiger partial charge in [-0.3, -0.25) is 9.69 Å². The first-order chi connectivity index (χ1) is 9.10. The Morgan fingerprint density at radius 1 is 1.47 bits per heavy atom. The molecule has 1 fully saturated rings. The highest BCUT2D eigenvalue weighted by molar-refractivity contribution is 5.20. The Morgan fingerprint density at radius 3 is 2.79 bits per heavy atom. The Bertz CT molecular complexity index is 499. The normalized spacial score (nSPS) is 17.5. The van der Waals surface area contributed by atoms with Crippen molar-refractivity contribution in [2.45, 2.75) is 32.9 Å². The van der Waals surface area contributed by atoms with Crippen molar-refractivity contribution < 1.29 is 5.11 Å². The molecule has 19 heavy (non-hydrogen) atoms. The lowest BCUT2D eigenvalue weighted by Crippen LogP contribution is -2.33. The second kappa shape index (κ2) is 6.06. The molecule has 1 N–H and O–H groups in total. The van der Waals surface area contributed by atoms with Gasteiger partial charge in [0.05, 0.1) is 6.20 Å². The van der Waals surface area contributed by atoms with E-state index in [4.69, 9.17) is 0 Å². The van der Waals surface area contributed by atoms with E-state index in [2.05, 4.69) is 18.4 Å². The Hall–Kier alpha value is -1.55. The third kappa shape index (κ3) is 3.47. The van der Waals surface area contributed by atoms with E-state index in [-0.39, 0.29) is 11.2 Å². The van der Waals surface area contributed by atoms with Crippen LogP contribution >= 0.6 is 0 Å². The monoisotopic (exact) mass is 262 g/mol. The molecule has 0 unspecified atom stereocenters. The standard InChI is InChI=1S/C15H22N2O2/c1-3-6-17-11-15(19)14(18)9-13(17)10-16-7-4-12(2)5-8-16/h3,9,11-12,19H,1,4-8,10H2,2H3. The van der Waals surface area contributed by atoms with Gasteiger partial charge in [0.1, 0.15) is 0 Å². The zero-order valence-electron chi connectivity index (χ0n) is 11.5. The van der Waals surface area contributed by atoms with Crippen LogP contribution in [0.1, 0.15) is 25.5 Å². The molecule has 1 aromatic heterocycles. The molecule has 1 aliphatic heterocycles. The van der Waals surface area contributed by atoms with Crippen LogP contribution in [0.4, 0.5) is 0 Å². The summed E-state index contributed by atoms with van der Waals surface area (Å²) in [6.07, 6.45) is 5.70. The second-order valence-electron chi connectivity index (χ2n) is 5.41. The summed E-state index contributed by atoms with van der Waals surface area (Å²) in [4.78, 5) is 13.9. The fourth-order valence-electron chi connectivity index (χ4n) is 2.50. The van der Waals surface area contributed by atoms with Crippen LogP contribution in [0.3, 0.4) is 0 Å². The van der Waals surface area contributed by atoms with Crippen LogP contribution in [-0.2, 0) is 13.1 Å². The summed E-state index contributed by atoms with van der Waals surface area (Å²) in [5.41, 5.74) is 0.637. The molecule has 0 radical (unpaired) electrons. The van der Waals surface area contributed by atoms with Gasteiger partial charge in [0.15, 0.2) is 5.75 Å². The van der Waals surface area contributed by atoms with Crippen molar-refractivity contribution in [1.82, 2.24) is 9.47 Å². The van der Waals surface area contributed by atoms with Crippen molar-refractivity contribution in [3.05, 3.63) is 40.8 Å². The molecular weight excluding hydrogens is 240 g/mol. The third-order valence-corrected chi connectivity index (χ3v) is 3.78. The summed E-state index contributed by atoms with van der Waals surface area (Å²) in [5, 5.41) is 9.51. The molecule has 0 bridgehead atoms. The molecule has 0 aliphatic carbocycles. The zero-order chi connectivity index (χ0) is 13.8. The molecule has 2 rings (SSSR count). The Labute approximate surface area is 114 Å². The maximum absolute atomic E-state index is 11.6. The molecule has 0 amide bonds. The van der Waals surface area contributed by atoms with E-state index >= 15 is 0 Å². The Balaban J connectivity index is 2.16. The van der Waals surface area contributed by atoms with Crippen LogP contribution in [-0.4, -0.2) is 27.7 Å². The number of pyridine rings is 1. The fourth-order valence-corrected chi connectivity index (χ4v) is 2.50. The van der Waals surface area contributed by atoms with Crippen molar-refractivity contribution in [2.24, 2.45) is 5.92 Å². The largest absolute Gasteiger partial charge is 0.503 e. The number of hydrogen-bond acceptors (Lipinski definition) is 3. The minimum atomic E-state index is -0.305. The lowest BCUT2D eigenvalue weighted by molar-refractivity contribution is 0.181. The summed E-state index contributed by atoms with van der Waals surface area (Å²) >= 11 is 0. The summed E-state index contributed by atoms with van der Waals surface area (Å²) in [5.74, 6) is 0.601. The molecule has 1 aromatic rings. The predicted molar refractivity (Wildman–Crippen MR) is 76.2 cm³/mol. The molecule has 2 heterocycles. The van der Waals surface area contributed by atoms with Gasteiger partial charge in [-0.05, 0) is 31.8 Å². The van der Waals surface area contributed by atoms with Gasteiger partial charge in [-0.15, -0.1) is 6.58 Å². The molecule has 0 atom stereocenters. The second-order valence-corrected chi connectivity index (χ2v) is 5.41. The van der Waals surface area contributed by atoms with Gasteiger partial charge in [0.25, 0.3) is 0 Å². The average Bonchev–Trinajstić information content (AvgIpc) is 2.38. The van der Waals surface area contributed by atoms with E-state index in [0.717, 1.165) is 31.2 Å². The maximum atomic E-state index is 11.6. The van der Waals surface area contributed by atoms with Gasteiger partial charge < -0.3 is 9.67 Å². The van der Waals surface area contributed by atoms with E-state index < -0.39 is 0 Å². The number of aromatic nitrogens is 1. The first-order valence-electron chi connectivity index (χ1n) is 6.85. The predicted octanol–water partition coefficient (Wildman–Crippen LogP) is 1.97. The number of rotatable bonds is 4. The van der Waals surface area contributed by atoms with Gasteiger partial charge in [-0.25, -0.2) is 0 Å². The molecule has 1 aliphatic rings. The van der Waals surface area contributed by atoms with Crippen LogP contribution in [0.25, 0.3) is 0 Å². The van der Waals surface area contributed by atoms with Crippen molar-refractivity contribution in [2.75, 3.05) is 13.1 Å². The number of allylic oxidation sites excluding steroid dienone is 1. The summed E-state index contributed by atoms with van der Waals surface area (Å²) in [6.45, 7) is 9.51. The highest BCUT2D eigenvalue weighted by Crippen LogP contribution is 2.18. The highest BCUT2D eigenvalue weighted by atomic mass is 16.3. The van der Waals surface area contributed by atoms with E-state index in [0.29, 0.717) is 6.54 Å². The summed E-state index contributed by atoms with van der Waals surface area (Å²) < 4.78 is 1.89. The van der Waals surface area contributed by atoms with Crippen LogP contribution in [0.5, 0.6) is 5.75 Å². The molecule has 0 aromatic carbocycles. The van der Waals surface area contributed by atoms with Crippen LogP contribution in [0.15, 0.2) is 29.7 Å². The van der Waals surface area contributed by atoms with E-state index in [1.165, 1.54) is 25.1 Å². The van der Waals surface area contributed by atoms with Gasteiger partial charge in [-0.2, -0.15) is 0 Å². The van der Waals surface area contributed by atoms with E-state index in [9.17, 15) is 9.90 Å².